The van der Waals surface area contributed by atoms with Crippen LogP contribution in [-0.2, 0) is 11.2 Å². The van der Waals surface area contributed by atoms with Gasteiger partial charge in [-0.2, -0.15) is 0 Å². The number of H-pyrrole nitrogens is 1. The molecule has 0 saturated carbocycles. The molecule has 0 bridgehead atoms. The Morgan fingerprint density at radius 3 is 2.39 bits per heavy atom. The number of benzene rings is 1. The second-order valence-electron chi connectivity index (χ2n) is 7.60. The van der Waals surface area contributed by atoms with Crippen LogP contribution in [0.1, 0.15) is 47.3 Å². The molecule has 1 amide bonds. The normalized spacial score (nSPS) is 16.0. The summed E-state index contributed by atoms with van der Waals surface area (Å²) in [5, 5.41) is 9.84. The number of amides is 1. The van der Waals surface area contributed by atoms with E-state index in [4.69, 9.17) is 0 Å². The first-order valence-corrected chi connectivity index (χ1v) is 9.68. The van der Waals surface area contributed by atoms with Gasteiger partial charge < -0.3 is 15.0 Å². The molecule has 6 heteroatoms. The van der Waals surface area contributed by atoms with Crippen LogP contribution in [-0.4, -0.2) is 40.0 Å². The lowest BCUT2D eigenvalue weighted by molar-refractivity contribution is -0.152. The standard InChI is InChI=1S/C22H26N2O4/c1-16-9-10-18(19(25)23-16)20(26)24-14-12-22(13-15-24,21(27)28)11-5-8-17-6-3-2-4-7-17/h2-4,6-7,9-10H,5,8,11-15H2,1H3,(H,23,25)(H,27,28). The maximum atomic E-state index is 12.7. The van der Waals surface area contributed by atoms with Crippen molar-refractivity contribution in [3.63, 3.8) is 0 Å². The number of hydrogen-bond acceptors (Lipinski definition) is 3. The summed E-state index contributed by atoms with van der Waals surface area (Å²) in [7, 11) is 0. The highest BCUT2D eigenvalue weighted by molar-refractivity contribution is 5.94. The molecule has 1 aliphatic heterocycles. The third-order valence-corrected chi connectivity index (χ3v) is 5.71. The van der Waals surface area contributed by atoms with Gasteiger partial charge in [0.05, 0.1) is 5.41 Å². The number of aromatic amines is 1. The lowest BCUT2D eigenvalue weighted by Crippen LogP contribution is -2.47. The molecule has 0 aliphatic carbocycles. The van der Waals surface area contributed by atoms with Crippen LogP contribution in [0.25, 0.3) is 0 Å². The predicted molar refractivity (Wildman–Crippen MR) is 106 cm³/mol. The smallest absolute Gasteiger partial charge is 0.309 e. The van der Waals surface area contributed by atoms with Gasteiger partial charge in [0.25, 0.3) is 11.5 Å². The largest absolute Gasteiger partial charge is 0.481 e. The number of nitrogens with one attached hydrogen (secondary N) is 1. The summed E-state index contributed by atoms with van der Waals surface area (Å²) in [5.41, 5.74) is 0.809. The van der Waals surface area contributed by atoms with Gasteiger partial charge in [0.1, 0.15) is 5.56 Å². The fourth-order valence-corrected chi connectivity index (χ4v) is 3.90. The molecular weight excluding hydrogens is 356 g/mol. The fraction of sp³-hybridized carbons (Fsp3) is 0.409. The summed E-state index contributed by atoms with van der Waals surface area (Å²) in [4.78, 5) is 40.9. The Balaban J connectivity index is 1.62. The summed E-state index contributed by atoms with van der Waals surface area (Å²) in [6.45, 7) is 2.46. The number of carbonyl (C=O) groups excluding carboxylic acids is 1. The Kier molecular flexibility index (Phi) is 5.97. The Hall–Kier alpha value is -2.89. The van der Waals surface area contributed by atoms with Crippen LogP contribution in [0, 0.1) is 12.3 Å². The van der Waals surface area contributed by atoms with E-state index >= 15 is 0 Å². The molecule has 148 valence electrons. The van der Waals surface area contributed by atoms with Crippen LogP contribution in [0.5, 0.6) is 0 Å². The Labute approximate surface area is 164 Å². The number of nitrogens with zero attached hydrogens (tertiary/aromatic N) is 1. The molecule has 0 radical (unpaired) electrons. The number of carboxylic acid groups (broad SMARTS) is 1. The first kappa shape index (κ1) is 19.9. The number of rotatable bonds is 6. The number of hydrogen-bond donors (Lipinski definition) is 2. The molecule has 0 spiro atoms. The van der Waals surface area contributed by atoms with E-state index < -0.39 is 16.9 Å². The minimum atomic E-state index is -0.800. The van der Waals surface area contributed by atoms with Crippen LogP contribution in [0.15, 0.2) is 47.3 Å². The Bertz CT molecular complexity index is 896. The first-order chi connectivity index (χ1) is 13.4. The van der Waals surface area contributed by atoms with Gasteiger partial charge in [0, 0.05) is 18.8 Å². The van der Waals surface area contributed by atoms with E-state index in [-0.39, 0.29) is 11.5 Å². The fourth-order valence-electron chi connectivity index (χ4n) is 3.90. The van der Waals surface area contributed by atoms with E-state index in [0.717, 1.165) is 12.8 Å². The molecule has 2 heterocycles. The molecule has 28 heavy (non-hydrogen) atoms. The van der Waals surface area contributed by atoms with Crippen molar-refractivity contribution in [1.82, 2.24) is 9.88 Å². The van der Waals surface area contributed by atoms with Gasteiger partial charge in [-0.3, -0.25) is 14.4 Å². The predicted octanol–water partition coefficient (Wildman–Crippen LogP) is 3.01. The van der Waals surface area contributed by atoms with Crippen molar-refractivity contribution in [3.05, 3.63) is 69.6 Å². The third-order valence-electron chi connectivity index (χ3n) is 5.71. The van der Waals surface area contributed by atoms with Crippen molar-refractivity contribution in [3.8, 4) is 0 Å². The van der Waals surface area contributed by atoms with Gasteiger partial charge in [-0.25, -0.2) is 0 Å². The molecule has 1 fully saturated rings. The van der Waals surface area contributed by atoms with E-state index in [0.29, 0.717) is 38.0 Å². The summed E-state index contributed by atoms with van der Waals surface area (Å²) in [6.07, 6.45) is 3.04. The van der Waals surface area contributed by atoms with Crippen molar-refractivity contribution in [2.24, 2.45) is 5.41 Å². The highest BCUT2D eigenvalue weighted by Gasteiger charge is 2.42. The molecule has 1 aliphatic rings. The molecule has 1 aromatic carbocycles. The number of piperidine rings is 1. The molecule has 1 aromatic heterocycles. The zero-order valence-corrected chi connectivity index (χ0v) is 16.1. The van der Waals surface area contributed by atoms with Gasteiger partial charge in [0.15, 0.2) is 0 Å². The van der Waals surface area contributed by atoms with Crippen molar-refractivity contribution in [1.29, 1.82) is 0 Å². The number of aromatic nitrogens is 1. The third kappa shape index (κ3) is 4.32. The SMILES string of the molecule is Cc1ccc(C(=O)N2CCC(CCCc3ccccc3)(C(=O)O)CC2)c(=O)[nH]1. The Morgan fingerprint density at radius 2 is 1.79 bits per heavy atom. The minimum absolute atomic E-state index is 0.109. The van der Waals surface area contributed by atoms with Gasteiger partial charge in [-0.1, -0.05) is 30.3 Å². The van der Waals surface area contributed by atoms with Crippen LogP contribution >= 0.6 is 0 Å². The lowest BCUT2D eigenvalue weighted by Gasteiger charge is -2.39. The average Bonchev–Trinajstić information content (AvgIpc) is 2.69. The zero-order valence-electron chi connectivity index (χ0n) is 16.1. The average molecular weight is 382 g/mol. The van der Waals surface area contributed by atoms with Gasteiger partial charge >= 0.3 is 5.97 Å². The molecule has 6 nitrogen and oxygen atoms in total. The van der Waals surface area contributed by atoms with Gasteiger partial charge in [-0.15, -0.1) is 0 Å². The molecule has 0 unspecified atom stereocenters. The maximum absolute atomic E-state index is 12.7. The summed E-state index contributed by atoms with van der Waals surface area (Å²) in [6, 6.07) is 13.3. The quantitative estimate of drug-likeness (QED) is 0.803. The lowest BCUT2D eigenvalue weighted by atomic mass is 9.74. The molecule has 1 saturated heterocycles. The number of aliphatic carboxylic acids is 1. The van der Waals surface area contributed by atoms with E-state index in [1.54, 1.807) is 17.9 Å². The molecular formula is C22H26N2O4. The number of carboxylic acids is 1. The maximum Gasteiger partial charge on any atom is 0.309 e. The van der Waals surface area contributed by atoms with E-state index in [9.17, 15) is 19.5 Å². The first-order valence-electron chi connectivity index (χ1n) is 9.68. The van der Waals surface area contributed by atoms with Crippen molar-refractivity contribution in [2.45, 2.75) is 39.0 Å². The van der Waals surface area contributed by atoms with Gasteiger partial charge in [0.2, 0.25) is 0 Å². The monoisotopic (exact) mass is 382 g/mol. The van der Waals surface area contributed by atoms with Crippen molar-refractivity contribution in [2.75, 3.05) is 13.1 Å². The van der Waals surface area contributed by atoms with Crippen LogP contribution < -0.4 is 5.56 Å². The van der Waals surface area contributed by atoms with Crippen LogP contribution in [0.4, 0.5) is 0 Å². The topological polar surface area (TPSA) is 90.5 Å². The minimum Gasteiger partial charge on any atom is -0.481 e. The van der Waals surface area contributed by atoms with E-state index in [1.165, 1.54) is 11.6 Å². The van der Waals surface area contributed by atoms with E-state index in [2.05, 4.69) is 4.98 Å². The van der Waals surface area contributed by atoms with Crippen molar-refractivity contribution >= 4 is 11.9 Å². The number of aryl methyl sites for hydroxylation is 2. The number of carbonyl (C=O) groups is 2. The highest BCUT2D eigenvalue weighted by Crippen LogP contribution is 2.37. The van der Waals surface area contributed by atoms with Gasteiger partial charge in [-0.05, 0) is 56.7 Å². The molecule has 2 aromatic rings. The van der Waals surface area contributed by atoms with Crippen LogP contribution in [0.2, 0.25) is 0 Å². The number of likely N-dealkylation sites (tertiary alicyclic amines) is 1. The molecule has 0 atom stereocenters. The second-order valence-corrected chi connectivity index (χ2v) is 7.60. The highest BCUT2D eigenvalue weighted by atomic mass is 16.4. The molecule has 3 rings (SSSR count). The molecule has 2 N–H and O–H groups in total. The summed E-state index contributed by atoms with van der Waals surface area (Å²) >= 11 is 0. The van der Waals surface area contributed by atoms with Crippen molar-refractivity contribution < 1.29 is 14.7 Å². The zero-order chi connectivity index (χ0) is 20.1. The Morgan fingerprint density at radius 1 is 1.11 bits per heavy atom. The number of pyridine rings is 1. The van der Waals surface area contributed by atoms with E-state index in [1.807, 2.05) is 30.3 Å². The summed E-state index contributed by atoms with van der Waals surface area (Å²) in [5.74, 6) is -1.12. The second kappa shape index (κ2) is 8.42. The van der Waals surface area contributed by atoms with Crippen LogP contribution in [0.3, 0.4) is 0 Å². The summed E-state index contributed by atoms with van der Waals surface area (Å²) < 4.78 is 0.